The molecule has 0 fully saturated rings. The first kappa shape index (κ1) is 15.4. The van der Waals surface area contributed by atoms with Gasteiger partial charge in [-0.15, -0.1) is 0 Å². The number of aliphatic hydroxyl groups is 1. The van der Waals surface area contributed by atoms with E-state index in [0.717, 1.165) is 0 Å². The zero-order chi connectivity index (χ0) is 16.1. The zero-order valence-corrected chi connectivity index (χ0v) is 11.3. The first-order valence-electron chi connectivity index (χ1n) is 6.27. The number of para-hydroxylation sites is 2. The third-order valence-corrected chi connectivity index (χ3v) is 2.92. The van der Waals surface area contributed by atoms with Crippen LogP contribution in [0.2, 0.25) is 0 Å². The largest absolute Gasteiger partial charge is 0.484 e. The molecule has 0 heterocycles. The number of benzene rings is 2. The Morgan fingerprint density at radius 3 is 2.45 bits per heavy atom. The van der Waals surface area contributed by atoms with Crippen LogP contribution in [0.1, 0.15) is 11.7 Å². The standard InChI is InChI=1S/C14H12N2O6/c17-13(10-4-3-5-11(8-10)15(18)19)9-22-14-7-2-1-6-12(14)16(20)21/h1-8,13,17H,9H2. The van der Waals surface area contributed by atoms with Crippen LogP contribution in [0, 0.1) is 20.2 Å². The first-order valence-corrected chi connectivity index (χ1v) is 6.27. The highest BCUT2D eigenvalue weighted by Crippen LogP contribution is 2.27. The predicted molar refractivity (Wildman–Crippen MR) is 76.6 cm³/mol. The molecule has 8 nitrogen and oxygen atoms in total. The summed E-state index contributed by atoms with van der Waals surface area (Å²) in [5.41, 5.74) is -0.0660. The van der Waals surface area contributed by atoms with Gasteiger partial charge in [0.05, 0.1) is 9.85 Å². The Morgan fingerprint density at radius 2 is 1.77 bits per heavy atom. The van der Waals surface area contributed by atoms with Crippen LogP contribution in [0.25, 0.3) is 0 Å². The minimum Gasteiger partial charge on any atom is -0.484 e. The summed E-state index contributed by atoms with van der Waals surface area (Å²) in [6, 6.07) is 11.3. The molecule has 0 aliphatic rings. The second kappa shape index (κ2) is 6.64. The summed E-state index contributed by atoms with van der Waals surface area (Å²) < 4.78 is 5.25. The van der Waals surface area contributed by atoms with Crippen molar-refractivity contribution in [3.05, 3.63) is 74.3 Å². The lowest BCUT2D eigenvalue weighted by atomic mass is 10.1. The summed E-state index contributed by atoms with van der Waals surface area (Å²) in [5.74, 6) is 0.0250. The average Bonchev–Trinajstić information content (AvgIpc) is 2.52. The van der Waals surface area contributed by atoms with Crippen molar-refractivity contribution < 1.29 is 19.7 Å². The quantitative estimate of drug-likeness (QED) is 0.647. The fraction of sp³-hybridized carbons (Fsp3) is 0.143. The topological polar surface area (TPSA) is 116 Å². The van der Waals surface area contributed by atoms with Crippen LogP contribution in [0.4, 0.5) is 11.4 Å². The lowest BCUT2D eigenvalue weighted by Gasteiger charge is -2.12. The Kier molecular flexibility index (Phi) is 4.64. The molecule has 114 valence electrons. The molecule has 8 heteroatoms. The van der Waals surface area contributed by atoms with Crippen LogP contribution >= 0.6 is 0 Å². The van der Waals surface area contributed by atoms with Gasteiger partial charge in [-0.1, -0.05) is 24.3 Å². The Morgan fingerprint density at radius 1 is 1.05 bits per heavy atom. The van der Waals surface area contributed by atoms with Crippen molar-refractivity contribution in [3.8, 4) is 5.75 Å². The molecule has 2 aromatic rings. The van der Waals surface area contributed by atoms with Crippen LogP contribution in [0.15, 0.2) is 48.5 Å². The van der Waals surface area contributed by atoms with E-state index in [9.17, 15) is 25.3 Å². The molecule has 0 bridgehead atoms. The molecule has 1 atom stereocenters. The molecule has 0 radical (unpaired) electrons. The smallest absolute Gasteiger partial charge is 0.310 e. The van der Waals surface area contributed by atoms with Crippen LogP contribution in [-0.4, -0.2) is 21.6 Å². The van der Waals surface area contributed by atoms with E-state index < -0.39 is 16.0 Å². The molecule has 0 amide bonds. The number of nitrogens with zero attached hydrogens (tertiary/aromatic N) is 2. The Labute approximate surface area is 124 Å². The van der Waals surface area contributed by atoms with Crippen molar-refractivity contribution in [1.29, 1.82) is 0 Å². The molecule has 0 saturated heterocycles. The minimum absolute atomic E-state index is 0.0250. The van der Waals surface area contributed by atoms with Crippen molar-refractivity contribution in [2.24, 2.45) is 0 Å². The first-order chi connectivity index (χ1) is 10.5. The van der Waals surface area contributed by atoms with Crippen molar-refractivity contribution in [3.63, 3.8) is 0 Å². The number of hydrogen-bond acceptors (Lipinski definition) is 6. The number of non-ortho nitro benzene ring substituents is 1. The van der Waals surface area contributed by atoms with Crippen LogP contribution in [0.5, 0.6) is 5.75 Å². The van der Waals surface area contributed by atoms with E-state index in [1.165, 1.54) is 42.5 Å². The van der Waals surface area contributed by atoms with Gasteiger partial charge in [0, 0.05) is 18.2 Å². The average molecular weight is 304 g/mol. The van der Waals surface area contributed by atoms with Gasteiger partial charge in [-0.2, -0.15) is 0 Å². The maximum atomic E-state index is 10.8. The minimum atomic E-state index is -1.14. The summed E-state index contributed by atoms with van der Waals surface area (Å²) in [7, 11) is 0. The van der Waals surface area contributed by atoms with Gasteiger partial charge in [0.2, 0.25) is 0 Å². The lowest BCUT2D eigenvalue weighted by molar-refractivity contribution is -0.386. The summed E-state index contributed by atoms with van der Waals surface area (Å²) in [6.45, 7) is -0.258. The van der Waals surface area contributed by atoms with E-state index in [1.54, 1.807) is 6.07 Å². The van der Waals surface area contributed by atoms with E-state index in [-0.39, 0.29) is 23.7 Å². The second-order valence-electron chi connectivity index (χ2n) is 4.40. The van der Waals surface area contributed by atoms with E-state index in [4.69, 9.17) is 4.74 Å². The van der Waals surface area contributed by atoms with Crippen molar-refractivity contribution >= 4 is 11.4 Å². The molecule has 0 aliphatic heterocycles. The van der Waals surface area contributed by atoms with Gasteiger partial charge < -0.3 is 9.84 Å². The van der Waals surface area contributed by atoms with Crippen LogP contribution in [0.3, 0.4) is 0 Å². The summed E-state index contributed by atoms with van der Waals surface area (Å²) in [4.78, 5) is 20.4. The molecule has 22 heavy (non-hydrogen) atoms. The number of hydrogen-bond donors (Lipinski definition) is 1. The van der Waals surface area contributed by atoms with Gasteiger partial charge in [-0.3, -0.25) is 20.2 Å². The predicted octanol–water partition coefficient (Wildman–Crippen LogP) is 2.62. The third kappa shape index (κ3) is 3.55. The van der Waals surface area contributed by atoms with E-state index in [1.807, 2.05) is 0 Å². The van der Waals surface area contributed by atoms with Gasteiger partial charge >= 0.3 is 5.69 Å². The van der Waals surface area contributed by atoms with Gasteiger partial charge in [-0.25, -0.2) is 0 Å². The monoisotopic (exact) mass is 304 g/mol. The fourth-order valence-electron chi connectivity index (χ4n) is 1.84. The van der Waals surface area contributed by atoms with Gasteiger partial charge in [0.15, 0.2) is 5.75 Å². The summed E-state index contributed by atoms with van der Waals surface area (Å²) in [6.07, 6.45) is -1.14. The number of ether oxygens (including phenoxy) is 1. The zero-order valence-electron chi connectivity index (χ0n) is 11.3. The van der Waals surface area contributed by atoms with E-state index in [2.05, 4.69) is 0 Å². The SMILES string of the molecule is O=[N+]([O-])c1cccc(C(O)COc2ccccc2[N+](=O)[O-])c1. The molecule has 2 rings (SSSR count). The van der Waals surface area contributed by atoms with Crippen molar-refractivity contribution in [1.82, 2.24) is 0 Å². The molecule has 0 spiro atoms. The van der Waals surface area contributed by atoms with Gasteiger partial charge in [0.1, 0.15) is 12.7 Å². The highest BCUT2D eigenvalue weighted by Gasteiger charge is 2.17. The molecule has 0 aliphatic carbocycles. The van der Waals surface area contributed by atoms with Gasteiger partial charge in [-0.05, 0) is 11.6 Å². The maximum absolute atomic E-state index is 10.8. The fourth-order valence-corrected chi connectivity index (χ4v) is 1.84. The van der Waals surface area contributed by atoms with Crippen LogP contribution in [-0.2, 0) is 0 Å². The number of nitro groups is 2. The maximum Gasteiger partial charge on any atom is 0.310 e. The third-order valence-electron chi connectivity index (χ3n) is 2.92. The molecule has 1 N–H and O–H groups in total. The summed E-state index contributed by atoms with van der Waals surface area (Å²) in [5, 5.41) is 31.5. The van der Waals surface area contributed by atoms with Crippen molar-refractivity contribution in [2.75, 3.05) is 6.61 Å². The molecule has 0 aromatic heterocycles. The lowest BCUT2D eigenvalue weighted by Crippen LogP contribution is -2.10. The normalized spacial score (nSPS) is 11.7. The molecule has 0 saturated carbocycles. The number of nitro benzene ring substituents is 2. The molecule has 2 aromatic carbocycles. The Bertz CT molecular complexity index is 703. The number of aliphatic hydroxyl groups excluding tert-OH is 1. The van der Waals surface area contributed by atoms with E-state index in [0.29, 0.717) is 5.56 Å². The highest BCUT2D eigenvalue weighted by atomic mass is 16.6. The molecular weight excluding hydrogens is 292 g/mol. The molecular formula is C14H12N2O6. The molecule has 1 unspecified atom stereocenters. The summed E-state index contributed by atoms with van der Waals surface area (Å²) >= 11 is 0. The second-order valence-corrected chi connectivity index (χ2v) is 4.40. The van der Waals surface area contributed by atoms with Gasteiger partial charge in [0.25, 0.3) is 5.69 Å². The van der Waals surface area contributed by atoms with Crippen LogP contribution < -0.4 is 4.74 Å². The van der Waals surface area contributed by atoms with E-state index >= 15 is 0 Å². The Balaban J connectivity index is 2.10. The number of rotatable bonds is 6. The Hall–Kier alpha value is -3.00. The highest BCUT2D eigenvalue weighted by molar-refractivity contribution is 5.45. The van der Waals surface area contributed by atoms with Crippen molar-refractivity contribution in [2.45, 2.75) is 6.10 Å².